The number of benzene rings is 1. The molecule has 2 atom stereocenters. The molecular weight excluding hydrogens is 434 g/mol. The van der Waals surface area contributed by atoms with Crippen LogP contribution in [-0.4, -0.2) is 45.0 Å². The Balaban J connectivity index is 1.38. The van der Waals surface area contributed by atoms with Gasteiger partial charge in [-0.15, -0.1) is 10.2 Å². The fraction of sp³-hybridized carbons (Fsp3) is 0.476. The Morgan fingerprint density at radius 1 is 1.29 bits per heavy atom. The molecule has 0 bridgehead atoms. The Bertz CT molecular complexity index is 993. The van der Waals surface area contributed by atoms with Gasteiger partial charge in [0.2, 0.25) is 5.91 Å². The van der Waals surface area contributed by atoms with Crippen LogP contribution >= 0.6 is 23.1 Å². The molecule has 0 radical (unpaired) electrons. The summed E-state index contributed by atoms with van der Waals surface area (Å²) in [5.74, 6) is -0.386. The van der Waals surface area contributed by atoms with Gasteiger partial charge in [0.05, 0.1) is 0 Å². The first-order valence-corrected chi connectivity index (χ1v) is 11.8. The Labute approximate surface area is 189 Å². The Kier molecular flexibility index (Phi) is 5.78. The molecule has 1 aliphatic carbocycles. The normalized spacial score (nSPS) is 25.0. The second-order valence-electron chi connectivity index (χ2n) is 9.14. The number of hydrogen-bond acceptors (Lipinski definition) is 7. The highest BCUT2D eigenvalue weighted by Crippen LogP contribution is 2.46. The van der Waals surface area contributed by atoms with Crippen LogP contribution in [0.2, 0.25) is 0 Å². The number of imide groups is 1. The van der Waals surface area contributed by atoms with Crippen molar-refractivity contribution >= 4 is 46.6 Å². The molecule has 1 aliphatic heterocycles. The predicted molar refractivity (Wildman–Crippen MR) is 119 cm³/mol. The van der Waals surface area contributed by atoms with Gasteiger partial charge in [0.1, 0.15) is 17.6 Å². The van der Waals surface area contributed by atoms with Crippen LogP contribution in [0.25, 0.3) is 0 Å². The van der Waals surface area contributed by atoms with E-state index in [1.165, 1.54) is 23.1 Å². The monoisotopic (exact) mass is 459 g/mol. The predicted octanol–water partition coefficient (Wildman–Crippen LogP) is 3.76. The minimum atomic E-state index is -0.901. The van der Waals surface area contributed by atoms with Crippen LogP contribution in [-0.2, 0) is 9.59 Å². The van der Waals surface area contributed by atoms with Crippen molar-refractivity contribution < 1.29 is 14.4 Å². The third-order valence-corrected chi connectivity index (χ3v) is 7.39. The van der Waals surface area contributed by atoms with Crippen molar-refractivity contribution in [2.75, 3.05) is 11.9 Å². The fourth-order valence-electron chi connectivity index (χ4n) is 4.91. The van der Waals surface area contributed by atoms with E-state index in [4.69, 9.17) is 0 Å². The molecule has 1 aromatic carbocycles. The molecule has 10 heteroatoms. The standard InChI is InChI=1S/C21H25N5O3S2/c1-13-8-20(2,3)11-21(9-13)17(28)26(18(29)24-21)10-16(27)23-14-4-6-15(7-5-14)31-19-25-22-12-30-19/h4-7,12-13H,8-11H2,1-3H3,(H,23,27)(H,24,29)/t13-,21+/m0/s1. The minimum absolute atomic E-state index is 0.0483. The number of nitrogens with one attached hydrogen (secondary N) is 2. The van der Waals surface area contributed by atoms with E-state index in [1.54, 1.807) is 17.6 Å². The molecule has 164 valence electrons. The number of amides is 4. The van der Waals surface area contributed by atoms with E-state index in [2.05, 4.69) is 41.6 Å². The van der Waals surface area contributed by atoms with E-state index in [9.17, 15) is 14.4 Å². The molecule has 2 fully saturated rings. The summed E-state index contributed by atoms with van der Waals surface area (Å²) in [5, 5.41) is 13.5. The summed E-state index contributed by atoms with van der Waals surface area (Å²) in [4.78, 5) is 40.3. The van der Waals surface area contributed by atoms with Gasteiger partial charge >= 0.3 is 6.03 Å². The summed E-state index contributed by atoms with van der Waals surface area (Å²) in [5.41, 5.74) is 1.32. The summed E-state index contributed by atoms with van der Waals surface area (Å²) in [7, 11) is 0. The average Bonchev–Trinajstić information content (AvgIpc) is 3.24. The quantitative estimate of drug-likeness (QED) is 0.660. The molecule has 4 rings (SSSR count). The summed E-state index contributed by atoms with van der Waals surface area (Å²) < 4.78 is 0.837. The Hall–Kier alpha value is -2.46. The second-order valence-corrected chi connectivity index (χ2v) is 11.3. The minimum Gasteiger partial charge on any atom is -0.325 e. The van der Waals surface area contributed by atoms with Crippen LogP contribution in [0.5, 0.6) is 0 Å². The van der Waals surface area contributed by atoms with Gasteiger partial charge in [-0.2, -0.15) is 0 Å². The number of anilines is 1. The highest BCUT2D eigenvalue weighted by Gasteiger charge is 2.56. The molecule has 31 heavy (non-hydrogen) atoms. The maximum Gasteiger partial charge on any atom is 0.325 e. The maximum atomic E-state index is 13.2. The van der Waals surface area contributed by atoms with Gasteiger partial charge in [-0.3, -0.25) is 14.5 Å². The molecule has 8 nitrogen and oxygen atoms in total. The summed E-state index contributed by atoms with van der Waals surface area (Å²) in [6, 6.07) is 6.81. The molecule has 2 aromatic rings. The lowest BCUT2D eigenvalue weighted by molar-refractivity contribution is -0.136. The zero-order valence-corrected chi connectivity index (χ0v) is 19.3. The Morgan fingerprint density at radius 2 is 2.03 bits per heavy atom. The summed E-state index contributed by atoms with van der Waals surface area (Å²) in [6.45, 7) is 6.03. The first kappa shape index (κ1) is 21.8. The van der Waals surface area contributed by atoms with E-state index in [0.717, 1.165) is 20.6 Å². The number of carbonyl (C=O) groups is 3. The lowest BCUT2D eigenvalue weighted by Gasteiger charge is -2.43. The van der Waals surface area contributed by atoms with Crippen molar-refractivity contribution in [3.05, 3.63) is 29.8 Å². The first-order chi connectivity index (χ1) is 14.7. The average molecular weight is 460 g/mol. The number of aromatic nitrogens is 2. The zero-order chi connectivity index (χ0) is 22.2. The number of rotatable bonds is 5. The van der Waals surface area contributed by atoms with Gasteiger partial charge in [0.25, 0.3) is 5.91 Å². The van der Waals surface area contributed by atoms with Gasteiger partial charge in [-0.05, 0) is 54.9 Å². The van der Waals surface area contributed by atoms with E-state index in [-0.39, 0.29) is 17.9 Å². The van der Waals surface area contributed by atoms with E-state index < -0.39 is 17.5 Å². The van der Waals surface area contributed by atoms with Gasteiger partial charge < -0.3 is 10.6 Å². The maximum absolute atomic E-state index is 13.2. The topological polar surface area (TPSA) is 104 Å². The van der Waals surface area contributed by atoms with Crippen molar-refractivity contribution in [2.24, 2.45) is 11.3 Å². The molecule has 2 aliphatic rings. The SMILES string of the molecule is C[C@H]1CC(C)(C)C[C@@]2(C1)NC(=O)N(CC(=O)Nc1ccc(Sc3nncs3)cc1)C2=O. The molecule has 2 heterocycles. The molecule has 1 saturated heterocycles. The molecule has 2 N–H and O–H groups in total. The van der Waals surface area contributed by atoms with Gasteiger partial charge in [0.15, 0.2) is 4.34 Å². The van der Waals surface area contributed by atoms with Crippen molar-refractivity contribution in [1.82, 2.24) is 20.4 Å². The molecule has 0 unspecified atom stereocenters. The van der Waals surface area contributed by atoms with Crippen LogP contribution in [0.1, 0.15) is 40.0 Å². The van der Waals surface area contributed by atoms with Crippen LogP contribution in [0.3, 0.4) is 0 Å². The van der Waals surface area contributed by atoms with Crippen molar-refractivity contribution in [1.29, 1.82) is 0 Å². The highest BCUT2D eigenvalue weighted by molar-refractivity contribution is 8.01. The second kappa shape index (κ2) is 8.23. The Morgan fingerprint density at radius 3 is 2.68 bits per heavy atom. The van der Waals surface area contributed by atoms with E-state index >= 15 is 0 Å². The molecule has 1 saturated carbocycles. The van der Waals surface area contributed by atoms with Crippen molar-refractivity contribution in [2.45, 2.75) is 54.8 Å². The van der Waals surface area contributed by atoms with Crippen LogP contribution < -0.4 is 10.6 Å². The molecule has 1 spiro atoms. The third-order valence-electron chi connectivity index (χ3n) is 5.61. The van der Waals surface area contributed by atoms with Crippen LogP contribution in [0.15, 0.2) is 39.0 Å². The van der Waals surface area contributed by atoms with Gasteiger partial charge in [-0.25, -0.2) is 4.79 Å². The number of urea groups is 1. The van der Waals surface area contributed by atoms with Gasteiger partial charge in [-0.1, -0.05) is 43.9 Å². The van der Waals surface area contributed by atoms with Crippen molar-refractivity contribution in [3.63, 3.8) is 0 Å². The highest BCUT2D eigenvalue weighted by atomic mass is 32.2. The number of nitrogens with zero attached hydrogens (tertiary/aromatic N) is 3. The zero-order valence-electron chi connectivity index (χ0n) is 17.7. The van der Waals surface area contributed by atoms with Crippen LogP contribution in [0, 0.1) is 11.3 Å². The van der Waals surface area contributed by atoms with E-state index in [0.29, 0.717) is 24.4 Å². The lowest BCUT2D eigenvalue weighted by Crippen LogP contribution is -2.54. The van der Waals surface area contributed by atoms with E-state index in [1.807, 2.05) is 12.1 Å². The summed E-state index contributed by atoms with van der Waals surface area (Å²) in [6.07, 6.45) is 2.19. The molecule has 4 amide bonds. The lowest BCUT2D eigenvalue weighted by atomic mass is 9.64. The first-order valence-electron chi connectivity index (χ1n) is 10.1. The summed E-state index contributed by atoms with van der Waals surface area (Å²) >= 11 is 2.94. The molecular formula is C21H25N5O3S2. The number of hydrogen-bond donors (Lipinski definition) is 2. The number of carbonyl (C=O) groups excluding carboxylic acids is 3. The smallest absolute Gasteiger partial charge is 0.325 e. The fourth-order valence-corrected chi connectivity index (χ4v) is 6.36. The van der Waals surface area contributed by atoms with Crippen molar-refractivity contribution in [3.8, 4) is 0 Å². The molecule has 1 aromatic heterocycles. The van der Waals surface area contributed by atoms with Crippen LogP contribution in [0.4, 0.5) is 10.5 Å². The third kappa shape index (κ3) is 4.74. The van der Waals surface area contributed by atoms with Gasteiger partial charge in [0, 0.05) is 10.6 Å². The largest absolute Gasteiger partial charge is 0.325 e.